The summed E-state index contributed by atoms with van der Waals surface area (Å²) < 4.78 is 12.4. The van der Waals surface area contributed by atoms with Gasteiger partial charge >= 0.3 is 0 Å². The lowest BCUT2D eigenvalue weighted by Gasteiger charge is -2.19. The first-order chi connectivity index (χ1) is 15.8. The van der Waals surface area contributed by atoms with E-state index < -0.39 is 0 Å². The number of carbonyl (C=O) groups excluding carboxylic acids is 1. The zero-order valence-corrected chi connectivity index (χ0v) is 19.6. The van der Waals surface area contributed by atoms with Crippen LogP contribution >= 0.6 is 0 Å². The molecular weight excluding hydrogens is 418 g/mol. The Kier molecular flexibility index (Phi) is 7.87. The summed E-state index contributed by atoms with van der Waals surface area (Å²) >= 11 is 0. The Hall–Kier alpha value is -3.61. The van der Waals surface area contributed by atoms with Crippen molar-refractivity contribution in [1.82, 2.24) is 15.1 Å². The first-order valence-corrected chi connectivity index (χ1v) is 11.1. The molecule has 7 heteroatoms. The van der Waals surface area contributed by atoms with Gasteiger partial charge in [-0.05, 0) is 60.4 Å². The first-order valence-electron chi connectivity index (χ1n) is 11.1. The van der Waals surface area contributed by atoms with Gasteiger partial charge in [-0.3, -0.25) is 9.59 Å². The van der Waals surface area contributed by atoms with Crippen LogP contribution in [0.15, 0.2) is 65.5 Å². The van der Waals surface area contributed by atoms with Crippen molar-refractivity contribution in [2.75, 3.05) is 19.8 Å². The van der Waals surface area contributed by atoms with Crippen molar-refractivity contribution >= 4 is 5.91 Å². The topological polar surface area (TPSA) is 82.5 Å². The Morgan fingerprint density at radius 3 is 2.21 bits per heavy atom. The molecule has 0 aliphatic rings. The Balaban J connectivity index is 1.51. The number of benzene rings is 2. The molecule has 1 aromatic heterocycles. The Bertz CT molecular complexity index is 1110. The van der Waals surface area contributed by atoms with Crippen LogP contribution in [-0.2, 0) is 16.8 Å². The third-order valence-electron chi connectivity index (χ3n) is 5.06. The summed E-state index contributed by atoms with van der Waals surface area (Å²) in [4.78, 5) is 24.3. The maximum Gasteiger partial charge on any atom is 0.266 e. The van der Waals surface area contributed by atoms with Gasteiger partial charge in [-0.25, -0.2) is 4.68 Å². The van der Waals surface area contributed by atoms with Crippen LogP contribution in [0.1, 0.15) is 33.3 Å². The lowest BCUT2D eigenvalue weighted by Crippen LogP contribution is -2.34. The molecule has 0 spiro atoms. The number of hydrogen-bond acceptors (Lipinski definition) is 5. The highest BCUT2D eigenvalue weighted by Crippen LogP contribution is 2.24. The fraction of sp³-hybridized carbons (Fsp3) is 0.346. The molecule has 0 aliphatic heterocycles. The van der Waals surface area contributed by atoms with E-state index in [-0.39, 0.29) is 36.6 Å². The largest absolute Gasteiger partial charge is 0.494 e. The second-order valence-electron chi connectivity index (χ2n) is 8.65. The van der Waals surface area contributed by atoms with E-state index in [2.05, 4.69) is 31.2 Å². The normalized spacial score (nSPS) is 11.2. The zero-order chi connectivity index (χ0) is 23.8. The van der Waals surface area contributed by atoms with Crippen LogP contribution in [0, 0.1) is 0 Å². The van der Waals surface area contributed by atoms with Crippen molar-refractivity contribution < 1.29 is 14.3 Å². The van der Waals surface area contributed by atoms with Crippen LogP contribution < -0.4 is 20.3 Å². The molecule has 174 valence electrons. The molecule has 0 fully saturated rings. The SMILES string of the molecule is CCOc1ccc(-c2ccc(=O)n(CCNC(=O)COc3ccc(C(C)(C)C)cc3)n2)cc1. The summed E-state index contributed by atoms with van der Waals surface area (Å²) in [5.74, 6) is 1.16. The van der Waals surface area contributed by atoms with Gasteiger partial charge in [0.1, 0.15) is 11.5 Å². The maximum absolute atomic E-state index is 12.2. The molecule has 7 nitrogen and oxygen atoms in total. The van der Waals surface area contributed by atoms with Gasteiger partial charge in [-0.15, -0.1) is 0 Å². The van der Waals surface area contributed by atoms with E-state index in [4.69, 9.17) is 9.47 Å². The summed E-state index contributed by atoms with van der Waals surface area (Å²) in [5, 5.41) is 7.18. The van der Waals surface area contributed by atoms with Crippen molar-refractivity contribution in [2.45, 2.75) is 39.7 Å². The highest BCUT2D eigenvalue weighted by atomic mass is 16.5. The molecule has 0 bridgehead atoms. The average Bonchev–Trinajstić information content (AvgIpc) is 2.79. The van der Waals surface area contributed by atoms with Crippen molar-refractivity contribution in [2.24, 2.45) is 0 Å². The number of nitrogens with one attached hydrogen (secondary N) is 1. The van der Waals surface area contributed by atoms with E-state index in [9.17, 15) is 9.59 Å². The van der Waals surface area contributed by atoms with E-state index in [1.54, 1.807) is 6.07 Å². The van der Waals surface area contributed by atoms with Crippen LogP contribution in [0.25, 0.3) is 11.3 Å². The monoisotopic (exact) mass is 449 g/mol. The minimum absolute atomic E-state index is 0.0618. The number of amides is 1. The van der Waals surface area contributed by atoms with Crippen LogP contribution in [0.4, 0.5) is 0 Å². The molecule has 0 saturated carbocycles. The summed E-state index contributed by atoms with van der Waals surface area (Å²) in [6.45, 7) is 9.39. The van der Waals surface area contributed by atoms with Gasteiger partial charge in [-0.1, -0.05) is 32.9 Å². The molecule has 1 N–H and O–H groups in total. The average molecular weight is 450 g/mol. The summed E-state index contributed by atoms with van der Waals surface area (Å²) in [7, 11) is 0. The number of ether oxygens (including phenoxy) is 2. The first kappa shape index (κ1) is 24.0. The molecule has 0 aliphatic carbocycles. The number of hydrogen-bond donors (Lipinski definition) is 1. The smallest absolute Gasteiger partial charge is 0.266 e. The van der Waals surface area contributed by atoms with Crippen molar-refractivity contribution in [1.29, 1.82) is 0 Å². The lowest BCUT2D eigenvalue weighted by atomic mass is 9.87. The number of rotatable bonds is 9. The number of nitrogens with zero attached hydrogens (tertiary/aromatic N) is 2. The Morgan fingerprint density at radius 1 is 0.939 bits per heavy atom. The molecule has 3 aromatic rings. The molecule has 33 heavy (non-hydrogen) atoms. The predicted octanol–water partition coefficient (Wildman–Crippen LogP) is 3.80. The fourth-order valence-corrected chi connectivity index (χ4v) is 3.20. The molecule has 0 radical (unpaired) electrons. The third-order valence-corrected chi connectivity index (χ3v) is 5.06. The molecule has 3 rings (SSSR count). The molecule has 0 saturated heterocycles. The van der Waals surface area contributed by atoms with E-state index in [0.29, 0.717) is 18.1 Å². The Labute approximate surface area is 194 Å². The van der Waals surface area contributed by atoms with E-state index in [1.165, 1.54) is 16.3 Å². The van der Waals surface area contributed by atoms with Gasteiger partial charge in [0.05, 0.1) is 18.8 Å². The standard InChI is InChI=1S/C26H31N3O4/c1-5-32-21-10-6-19(7-11-21)23-14-15-25(31)29(28-23)17-16-27-24(30)18-33-22-12-8-20(9-13-22)26(2,3)4/h6-15H,5,16-18H2,1-4H3,(H,27,30). The van der Waals surface area contributed by atoms with Crippen LogP contribution in [-0.4, -0.2) is 35.4 Å². The molecule has 2 aromatic carbocycles. The van der Waals surface area contributed by atoms with Crippen LogP contribution in [0.3, 0.4) is 0 Å². The van der Waals surface area contributed by atoms with E-state index >= 15 is 0 Å². The van der Waals surface area contributed by atoms with Gasteiger partial charge in [-0.2, -0.15) is 5.10 Å². The Morgan fingerprint density at radius 2 is 1.58 bits per heavy atom. The van der Waals surface area contributed by atoms with Gasteiger partial charge in [0.25, 0.3) is 11.5 Å². The molecule has 0 unspecified atom stereocenters. The quantitative estimate of drug-likeness (QED) is 0.537. The van der Waals surface area contributed by atoms with Gasteiger partial charge < -0.3 is 14.8 Å². The van der Waals surface area contributed by atoms with Crippen molar-refractivity contribution in [3.05, 3.63) is 76.6 Å². The highest BCUT2D eigenvalue weighted by molar-refractivity contribution is 5.77. The summed E-state index contributed by atoms with van der Waals surface area (Å²) in [5.41, 5.74) is 2.58. The highest BCUT2D eigenvalue weighted by Gasteiger charge is 2.13. The zero-order valence-electron chi connectivity index (χ0n) is 19.6. The summed E-state index contributed by atoms with van der Waals surface area (Å²) in [6.07, 6.45) is 0. The van der Waals surface area contributed by atoms with Crippen LogP contribution in [0.2, 0.25) is 0 Å². The van der Waals surface area contributed by atoms with Crippen LogP contribution in [0.5, 0.6) is 11.5 Å². The molecule has 0 atom stereocenters. The molecule has 1 amide bonds. The third kappa shape index (κ3) is 6.94. The second kappa shape index (κ2) is 10.8. The molecule has 1 heterocycles. The van der Waals surface area contributed by atoms with Crippen molar-refractivity contribution in [3.8, 4) is 22.8 Å². The summed E-state index contributed by atoms with van der Waals surface area (Å²) in [6, 6.07) is 18.4. The maximum atomic E-state index is 12.2. The second-order valence-corrected chi connectivity index (χ2v) is 8.65. The van der Waals surface area contributed by atoms with Gasteiger partial charge in [0.2, 0.25) is 0 Å². The predicted molar refractivity (Wildman–Crippen MR) is 129 cm³/mol. The van der Waals surface area contributed by atoms with E-state index in [0.717, 1.165) is 11.3 Å². The molecular formula is C26H31N3O4. The minimum Gasteiger partial charge on any atom is -0.494 e. The van der Waals surface area contributed by atoms with Gasteiger partial charge in [0, 0.05) is 18.2 Å². The van der Waals surface area contributed by atoms with E-state index in [1.807, 2.05) is 55.5 Å². The van der Waals surface area contributed by atoms with Gasteiger partial charge in [0.15, 0.2) is 6.61 Å². The number of aromatic nitrogens is 2. The minimum atomic E-state index is -0.259. The fourth-order valence-electron chi connectivity index (χ4n) is 3.20. The lowest BCUT2D eigenvalue weighted by molar-refractivity contribution is -0.123. The van der Waals surface area contributed by atoms with Crippen molar-refractivity contribution in [3.63, 3.8) is 0 Å². The number of carbonyl (C=O) groups is 1.